The van der Waals surface area contributed by atoms with Crippen molar-refractivity contribution in [3.05, 3.63) is 27.7 Å². The zero-order chi connectivity index (χ0) is 10.1. The van der Waals surface area contributed by atoms with Crippen LogP contribution in [-0.2, 0) is 19.4 Å². The van der Waals surface area contributed by atoms with Crippen molar-refractivity contribution in [1.82, 2.24) is 9.78 Å². The molecule has 4 heteroatoms. The van der Waals surface area contributed by atoms with E-state index in [2.05, 4.69) is 5.10 Å². The molecule has 0 radical (unpaired) electrons. The lowest BCUT2D eigenvalue weighted by atomic mass is 9.93. The minimum atomic E-state index is -0.0136. The van der Waals surface area contributed by atoms with E-state index in [9.17, 15) is 4.79 Å². The van der Waals surface area contributed by atoms with Crippen LogP contribution in [0, 0.1) is 0 Å². The van der Waals surface area contributed by atoms with Crippen molar-refractivity contribution in [3.63, 3.8) is 0 Å². The first-order valence-electron chi connectivity index (χ1n) is 5.06. The highest BCUT2D eigenvalue weighted by Crippen LogP contribution is 2.16. The first-order valence-corrected chi connectivity index (χ1v) is 5.06. The quantitative estimate of drug-likeness (QED) is 0.687. The number of nitrogens with two attached hydrogens (primary N) is 1. The number of hydrogen-bond acceptors (Lipinski definition) is 3. The lowest BCUT2D eigenvalue weighted by molar-refractivity contribution is 0.524. The Balaban J connectivity index is 2.46. The highest BCUT2D eigenvalue weighted by Gasteiger charge is 2.17. The van der Waals surface area contributed by atoms with Crippen molar-refractivity contribution in [2.75, 3.05) is 0 Å². The maximum Gasteiger partial charge on any atom is 0.267 e. The third kappa shape index (κ3) is 1.57. The molecule has 0 saturated heterocycles. The third-order valence-electron chi connectivity index (χ3n) is 2.70. The molecule has 2 rings (SSSR count). The second-order valence-electron chi connectivity index (χ2n) is 3.77. The van der Waals surface area contributed by atoms with Gasteiger partial charge in [0.2, 0.25) is 0 Å². The summed E-state index contributed by atoms with van der Waals surface area (Å²) in [7, 11) is 0. The van der Waals surface area contributed by atoms with Crippen LogP contribution in [0.15, 0.2) is 10.9 Å². The van der Waals surface area contributed by atoms with Crippen LogP contribution in [0.4, 0.5) is 0 Å². The molecule has 0 spiro atoms. The Kier molecular flexibility index (Phi) is 2.37. The molecule has 1 atom stereocenters. The molecule has 2 N–H and O–H groups in total. The Morgan fingerprint density at radius 3 is 3.21 bits per heavy atom. The molecule has 1 heterocycles. The van der Waals surface area contributed by atoms with Gasteiger partial charge in [0.25, 0.3) is 5.56 Å². The summed E-state index contributed by atoms with van der Waals surface area (Å²) in [6.07, 6.45) is 2.67. The van der Waals surface area contributed by atoms with Crippen molar-refractivity contribution in [1.29, 1.82) is 0 Å². The lowest BCUT2D eigenvalue weighted by Crippen LogP contribution is -2.32. The van der Waals surface area contributed by atoms with Crippen molar-refractivity contribution in [2.45, 2.75) is 38.8 Å². The molecule has 14 heavy (non-hydrogen) atoms. The normalized spacial score (nSPS) is 20.6. The molecule has 0 bridgehead atoms. The van der Waals surface area contributed by atoms with Crippen molar-refractivity contribution in [2.24, 2.45) is 5.73 Å². The lowest BCUT2D eigenvalue weighted by Gasteiger charge is -2.20. The van der Waals surface area contributed by atoms with Crippen LogP contribution in [0.5, 0.6) is 0 Å². The smallest absolute Gasteiger partial charge is 0.267 e. The summed E-state index contributed by atoms with van der Waals surface area (Å²) < 4.78 is 1.51. The van der Waals surface area contributed by atoms with E-state index >= 15 is 0 Å². The third-order valence-corrected chi connectivity index (χ3v) is 2.70. The van der Waals surface area contributed by atoms with Crippen LogP contribution < -0.4 is 11.3 Å². The molecule has 0 aromatic carbocycles. The minimum Gasteiger partial charge on any atom is -0.327 e. The van der Waals surface area contributed by atoms with Crippen LogP contribution in [0.2, 0.25) is 0 Å². The zero-order valence-electron chi connectivity index (χ0n) is 8.36. The van der Waals surface area contributed by atoms with Gasteiger partial charge in [-0.1, -0.05) is 0 Å². The van der Waals surface area contributed by atoms with Crippen LogP contribution in [0.3, 0.4) is 0 Å². The summed E-state index contributed by atoms with van der Waals surface area (Å²) in [5.74, 6) is 0. The van der Waals surface area contributed by atoms with Gasteiger partial charge in [-0.25, -0.2) is 4.68 Å². The molecule has 0 saturated carbocycles. The van der Waals surface area contributed by atoms with E-state index in [1.165, 1.54) is 4.68 Å². The molecule has 0 aliphatic heterocycles. The van der Waals surface area contributed by atoms with Gasteiger partial charge in [-0.05, 0) is 31.7 Å². The molecular formula is C10H15N3O. The van der Waals surface area contributed by atoms with Gasteiger partial charge in [0, 0.05) is 18.7 Å². The fourth-order valence-electron chi connectivity index (χ4n) is 1.89. The van der Waals surface area contributed by atoms with Crippen LogP contribution in [0.25, 0.3) is 0 Å². The highest BCUT2D eigenvalue weighted by molar-refractivity contribution is 5.22. The predicted molar refractivity (Wildman–Crippen MR) is 54.2 cm³/mol. The second-order valence-corrected chi connectivity index (χ2v) is 3.77. The van der Waals surface area contributed by atoms with Crippen LogP contribution in [-0.4, -0.2) is 15.8 Å². The maximum absolute atomic E-state index is 11.5. The molecular weight excluding hydrogens is 178 g/mol. The standard InChI is InChI=1S/C10H15N3O/c1-2-13-10(14)6-7-5-8(11)3-4-9(7)12-13/h6,8H,2-5,11H2,1H3. The predicted octanol–water partition coefficient (Wildman–Crippen LogP) is 0.0792. The average molecular weight is 193 g/mol. The summed E-state index contributed by atoms with van der Waals surface area (Å²) >= 11 is 0. The number of rotatable bonds is 1. The number of nitrogens with zero attached hydrogens (tertiary/aromatic N) is 2. The van der Waals surface area contributed by atoms with E-state index < -0.39 is 0 Å². The number of fused-ring (bicyclic) bond motifs is 1. The Bertz CT molecular complexity index is 397. The Morgan fingerprint density at radius 1 is 1.71 bits per heavy atom. The van der Waals surface area contributed by atoms with Crippen LogP contribution >= 0.6 is 0 Å². The van der Waals surface area contributed by atoms with Gasteiger partial charge in [0.05, 0.1) is 5.69 Å². The van der Waals surface area contributed by atoms with E-state index in [1.54, 1.807) is 6.07 Å². The van der Waals surface area contributed by atoms with Gasteiger partial charge in [-0.3, -0.25) is 4.79 Å². The van der Waals surface area contributed by atoms with Gasteiger partial charge in [0.15, 0.2) is 0 Å². The monoisotopic (exact) mass is 193 g/mol. The van der Waals surface area contributed by atoms with Gasteiger partial charge < -0.3 is 5.73 Å². The topological polar surface area (TPSA) is 60.9 Å². The largest absolute Gasteiger partial charge is 0.327 e. The van der Waals surface area contributed by atoms with E-state index in [4.69, 9.17) is 5.73 Å². The molecule has 0 amide bonds. The highest BCUT2D eigenvalue weighted by atomic mass is 16.1. The number of aromatic nitrogens is 2. The van der Waals surface area contributed by atoms with Gasteiger partial charge in [-0.15, -0.1) is 0 Å². The van der Waals surface area contributed by atoms with E-state index in [-0.39, 0.29) is 11.6 Å². The van der Waals surface area contributed by atoms with Gasteiger partial charge in [0.1, 0.15) is 0 Å². The Hall–Kier alpha value is -1.16. The van der Waals surface area contributed by atoms with Gasteiger partial charge in [-0.2, -0.15) is 5.10 Å². The number of hydrogen-bond donors (Lipinski definition) is 1. The molecule has 0 fully saturated rings. The second kappa shape index (κ2) is 3.53. The maximum atomic E-state index is 11.5. The van der Waals surface area contributed by atoms with Crippen molar-refractivity contribution in [3.8, 4) is 0 Å². The van der Waals surface area contributed by atoms with E-state index in [0.717, 1.165) is 30.5 Å². The summed E-state index contributed by atoms with van der Waals surface area (Å²) in [5, 5.41) is 4.31. The molecule has 1 aliphatic rings. The minimum absolute atomic E-state index is 0.0136. The van der Waals surface area contributed by atoms with Crippen LogP contribution in [0.1, 0.15) is 24.6 Å². The van der Waals surface area contributed by atoms with Gasteiger partial charge >= 0.3 is 0 Å². The summed E-state index contributed by atoms with van der Waals surface area (Å²) in [5.41, 5.74) is 7.91. The Labute approximate surface area is 82.7 Å². The van der Waals surface area contributed by atoms with Crippen molar-refractivity contribution < 1.29 is 0 Å². The van der Waals surface area contributed by atoms with E-state index in [1.807, 2.05) is 6.92 Å². The SMILES string of the molecule is CCn1nc2c(cc1=O)CC(N)CC2. The molecule has 1 aliphatic carbocycles. The average Bonchev–Trinajstić information content (AvgIpc) is 2.16. The summed E-state index contributed by atoms with van der Waals surface area (Å²) in [4.78, 5) is 11.5. The molecule has 1 aromatic rings. The number of aryl methyl sites for hydroxylation is 2. The first kappa shape index (κ1) is 9.40. The zero-order valence-corrected chi connectivity index (χ0v) is 8.36. The molecule has 1 unspecified atom stereocenters. The van der Waals surface area contributed by atoms with E-state index in [0.29, 0.717) is 6.54 Å². The fourth-order valence-corrected chi connectivity index (χ4v) is 1.89. The first-order chi connectivity index (χ1) is 6.70. The molecule has 76 valence electrons. The fraction of sp³-hybridized carbons (Fsp3) is 0.600. The Morgan fingerprint density at radius 2 is 2.50 bits per heavy atom. The summed E-state index contributed by atoms with van der Waals surface area (Å²) in [6, 6.07) is 1.88. The summed E-state index contributed by atoms with van der Waals surface area (Å²) in [6.45, 7) is 2.56. The molecule has 4 nitrogen and oxygen atoms in total. The van der Waals surface area contributed by atoms with Crippen molar-refractivity contribution >= 4 is 0 Å². The molecule has 1 aromatic heterocycles.